The van der Waals surface area contributed by atoms with Crippen molar-refractivity contribution in [3.8, 4) is 23.4 Å². The van der Waals surface area contributed by atoms with Gasteiger partial charge in [-0.3, -0.25) is 5.32 Å². The van der Waals surface area contributed by atoms with E-state index in [1.165, 1.54) is 11.8 Å². The van der Waals surface area contributed by atoms with Crippen molar-refractivity contribution in [2.24, 2.45) is 4.99 Å². The van der Waals surface area contributed by atoms with Crippen molar-refractivity contribution < 1.29 is 9.47 Å². The van der Waals surface area contributed by atoms with Crippen molar-refractivity contribution in [2.75, 3.05) is 13.4 Å². The fourth-order valence-electron chi connectivity index (χ4n) is 1.68. The van der Waals surface area contributed by atoms with Gasteiger partial charge >= 0.3 is 0 Å². The van der Waals surface area contributed by atoms with Gasteiger partial charge in [-0.05, 0) is 42.7 Å². The Hall–Kier alpha value is -2.65. The number of nitriles is 1. The molecule has 0 radical (unpaired) electrons. The van der Waals surface area contributed by atoms with Gasteiger partial charge in [-0.1, -0.05) is 17.8 Å². The van der Waals surface area contributed by atoms with Gasteiger partial charge in [0.25, 0.3) is 0 Å². The lowest BCUT2D eigenvalue weighted by Gasteiger charge is -2.07. The summed E-state index contributed by atoms with van der Waals surface area (Å²) in [7, 11) is 1.62. The average molecular weight is 313 g/mol. The molecule has 5 nitrogen and oxygen atoms in total. The number of methoxy groups -OCH3 is 1. The van der Waals surface area contributed by atoms with Gasteiger partial charge in [-0.25, -0.2) is 4.99 Å². The molecule has 0 aliphatic carbocycles. The van der Waals surface area contributed by atoms with Gasteiger partial charge in [0.05, 0.1) is 12.8 Å². The first-order chi connectivity index (χ1) is 10.7. The van der Waals surface area contributed by atoms with Crippen LogP contribution in [0.1, 0.15) is 0 Å². The average Bonchev–Trinajstić information content (AvgIpc) is 2.56. The van der Waals surface area contributed by atoms with Gasteiger partial charge in [0.2, 0.25) is 0 Å². The van der Waals surface area contributed by atoms with Crippen LogP contribution in [0.2, 0.25) is 0 Å². The minimum atomic E-state index is 0.545. The van der Waals surface area contributed by atoms with E-state index in [0.717, 1.165) is 11.4 Å². The molecule has 0 spiro atoms. The van der Waals surface area contributed by atoms with Crippen molar-refractivity contribution in [2.45, 2.75) is 0 Å². The molecular weight excluding hydrogens is 298 g/mol. The standard InChI is InChI=1S/C16H15N3O2S/c1-20-14-4-3-5-15(10-14)21-13-8-6-12(7-9-13)19-16(22-2)18-11-17/h3-10H,1-2H3,(H,18,19). The summed E-state index contributed by atoms with van der Waals surface area (Å²) < 4.78 is 10.9. The number of nitrogens with one attached hydrogen (secondary N) is 1. The van der Waals surface area contributed by atoms with E-state index in [1.807, 2.05) is 61.0 Å². The number of thioether (sulfide) groups is 1. The van der Waals surface area contributed by atoms with Crippen LogP contribution in [0, 0.1) is 11.5 Å². The molecule has 2 aromatic rings. The van der Waals surface area contributed by atoms with Crippen LogP contribution in [0.15, 0.2) is 53.5 Å². The molecule has 2 aromatic carbocycles. The Morgan fingerprint density at radius 3 is 2.50 bits per heavy atom. The number of hydrogen-bond donors (Lipinski definition) is 1. The molecule has 6 heteroatoms. The summed E-state index contributed by atoms with van der Waals surface area (Å²) in [6.07, 6.45) is 3.71. The monoisotopic (exact) mass is 313 g/mol. The molecule has 22 heavy (non-hydrogen) atoms. The Labute approximate surface area is 133 Å². The van der Waals surface area contributed by atoms with Gasteiger partial charge in [0, 0.05) is 6.07 Å². The summed E-state index contributed by atoms with van der Waals surface area (Å²) in [5.74, 6) is 2.14. The normalized spacial score (nSPS) is 10.7. The Morgan fingerprint density at radius 1 is 1.14 bits per heavy atom. The summed E-state index contributed by atoms with van der Waals surface area (Å²) in [6, 6.07) is 14.7. The zero-order valence-corrected chi connectivity index (χ0v) is 13.1. The molecule has 0 fully saturated rings. The first-order valence-corrected chi connectivity index (χ1v) is 7.67. The second-order valence-electron chi connectivity index (χ2n) is 4.13. The third-order valence-electron chi connectivity index (χ3n) is 2.70. The number of rotatable bonds is 4. The molecular formula is C16H15N3O2S. The molecule has 0 heterocycles. The zero-order chi connectivity index (χ0) is 15.8. The lowest BCUT2D eigenvalue weighted by atomic mass is 10.3. The molecule has 0 aliphatic heterocycles. The maximum absolute atomic E-state index is 8.61. The van der Waals surface area contributed by atoms with Crippen LogP contribution in [0.25, 0.3) is 0 Å². The van der Waals surface area contributed by atoms with Crippen molar-refractivity contribution in [1.82, 2.24) is 5.32 Å². The second kappa shape index (κ2) is 7.96. The Morgan fingerprint density at radius 2 is 1.86 bits per heavy atom. The van der Waals surface area contributed by atoms with Gasteiger partial charge in [0.15, 0.2) is 11.4 Å². The van der Waals surface area contributed by atoms with Gasteiger partial charge in [0.1, 0.15) is 17.2 Å². The predicted octanol–water partition coefficient (Wildman–Crippen LogP) is 3.91. The van der Waals surface area contributed by atoms with E-state index in [1.54, 1.807) is 7.11 Å². The molecule has 0 unspecified atom stereocenters. The molecule has 0 bridgehead atoms. The van der Waals surface area contributed by atoms with Crippen molar-refractivity contribution in [3.63, 3.8) is 0 Å². The summed E-state index contributed by atoms with van der Waals surface area (Å²) >= 11 is 1.37. The van der Waals surface area contributed by atoms with Gasteiger partial charge in [-0.15, -0.1) is 0 Å². The number of amidine groups is 1. The summed E-state index contributed by atoms with van der Waals surface area (Å²) in [5, 5.41) is 11.7. The number of aliphatic imine (C=N–C) groups is 1. The SMILES string of the molecule is COc1cccc(Oc2ccc(N=C(NC#N)SC)cc2)c1. The first kappa shape index (κ1) is 15.7. The van der Waals surface area contributed by atoms with Crippen LogP contribution in [0.5, 0.6) is 17.2 Å². The Balaban J connectivity index is 2.10. The highest BCUT2D eigenvalue weighted by molar-refractivity contribution is 8.13. The van der Waals surface area contributed by atoms with E-state index in [4.69, 9.17) is 14.7 Å². The van der Waals surface area contributed by atoms with Gasteiger partial charge < -0.3 is 9.47 Å². The topological polar surface area (TPSA) is 66.6 Å². The molecule has 1 N–H and O–H groups in total. The zero-order valence-electron chi connectivity index (χ0n) is 12.2. The summed E-state index contributed by atoms with van der Waals surface area (Å²) in [5.41, 5.74) is 0.741. The van der Waals surface area contributed by atoms with E-state index in [-0.39, 0.29) is 0 Å². The van der Waals surface area contributed by atoms with E-state index in [2.05, 4.69) is 10.3 Å². The minimum absolute atomic E-state index is 0.545. The van der Waals surface area contributed by atoms with Crippen LogP contribution in [0.3, 0.4) is 0 Å². The van der Waals surface area contributed by atoms with E-state index < -0.39 is 0 Å². The lowest BCUT2D eigenvalue weighted by molar-refractivity contribution is 0.409. The molecule has 0 aliphatic rings. The third-order valence-corrected chi connectivity index (χ3v) is 3.28. The molecule has 0 amide bonds. The second-order valence-corrected chi connectivity index (χ2v) is 4.93. The van der Waals surface area contributed by atoms with Crippen LogP contribution in [-0.2, 0) is 0 Å². The molecule has 2 rings (SSSR count). The molecule has 0 aromatic heterocycles. The Kier molecular flexibility index (Phi) is 5.69. The molecule has 0 saturated heterocycles. The van der Waals surface area contributed by atoms with E-state index >= 15 is 0 Å². The number of nitrogens with zero attached hydrogens (tertiary/aromatic N) is 2. The van der Waals surface area contributed by atoms with E-state index in [9.17, 15) is 0 Å². The number of ether oxygens (including phenoxy) is 2. The highest BCUT2D eigenvalue weighted by Crippen LogP contribution is 2.26. The van der Waals surface area contributed by atoms with Crippen LogP contribution in [-0.4, -0.2) is 18.5 Å². The maximum Gasteiger partial charge on any atom is 0.183 e. The fraction of sp³-hybridized carbons (Fsp3) is 0.125. The van der Waals surface area contributed by atoms with Gasteiger partial charge in [-0.2, -0.15) is 5.26 Å². The van der Waals surface area contributed by atoms with Crippen LogP contribution >= 0.6 is 11.8 Å². The number of benzene rings is 2. The first-order valence-electron chi connectivity index (χ1n) is 6.45. The van der Waals surface area contributed by atoms with E-state index in [0.29, 0.717) is 16.7 Å². The fourth-order valence-corrected chi connectivity index (χ4v) is 2.02. The largest absolute Gasteiger partial charge is 0.497 e. The van der Waals surface area contributed by atoms with Crippen molar-refractivity contribution >= 4 is 22.6 Å². The highest BCUT2D eigenvalue weighted by Gasteiger charge is 2.01. The molecule has 112 valence electrons. The number of hydrogen-bond acceptors (Lipinski definition) is 5. The quantitative estimate of drug-likeness (QED) is 0.401. The lowest BCUT2D eigenvalue weighted by Crippen LogP contribution is -2.12. The Bertz CT molecular complexity index is 693. The molecule has 0 atom stereocenters. The summed E-state index contributed by atoms with van der Waals surface area (Å²) in [4.78, 5) is 4.31. The maximum atomic E-state index is 8.61. The van der Waals surface area contributed by atoms with Crippen molar-refractivity contribution in [3.05, 3.63) is 48.5 Å². The van der Waals surface area contributed by atoms with Crippen LogP contribution < -0.4 is 14.8 Å². The summed E-state index contributed by atoms with van der Waals surface area (Å²) in [6.45, 7) is 0. The van der Waals surface area contributed by atoms with Crippen LogP contribution in [0.4, 0.5) is 5.69 Å². The third kappa shape index (κ3) is 4.43. The smallest absolute Gasteiger partial charge is 0.183 e. The minimum Gasteiger partial charge on any atom is -0.497 e. The molecule has 0 saturated carbocycles. The highest BCUT2D eigenvalue weighted by atomic mass is 32.2. The van der Waals surface area contributed by atoms with Crippen molar-refractivity contribution in [1.29, 1.82) is 5.26 Å². The predicted molar refractivity (Wildman–Crippen MR) is 88.9 cm³/mol.